The van der Waals surface area contributed by atoms with E-state index < -0.39 is 46.4 Å². The van der Waals surface area contributed by atoms with E-state index in [0.717, 1.165) is 0 Å². The van der Waals surface area contributed by atoms with Crippen molar-refractivity contribution < 1.29 is 38.8 Å². The molecule has 2 saturated heterocycles. The fraction of sp³-hybridized carbons (Fsp3) is 0.474. The molecule has 1 saturated carbocycles. The highest BCUT2D eigenvalue weighted by Gasteiger charge is 2.91. The van der Waals surface area contributed by atoms with E-state index in [2.05, 4.69) is 5.32 Å². The Bertz CT molecular complexity index is 994. The standard InChI is InChI=1S/C19H19N3O8/c23-15(11-3-1-2-4-12(11)16(24)25)20-14-6-8-22(14)18(28)19(22)7-5-10(21(29)30)9-13(19)17(26)27/h1-4,10,13-14H,5-9H2,(H2-,20,23,24,25,26,27)/p+1. The van der Waals surface area contributed by atoms with Crippen LogP contribution in [0.3, 0.4) is 0 Å². The quantitative estimate of drug-likeness (QED) is 0.269. The van der Waals surface area contributed by atoms with Gasteiger partial charge in [0, 0.05) is 24.2 Å². The molecule has 2 amide bonds. The van der Waals surface area contributed by atoms with E-state index in [1.807, 2.05) is 0 Å². The molecule has 2 spiro atoms. The summed E-state index contributed by atoms with van der Waals surface area (Å²) in [6, 6.07) is 4.67. The number of nitro groups is 1. The summed E-state index contributed by atoms with van der Waals surface area (Å²) in [7, 11) is 0. The monoisotopic (exact) mass is 418 g/mol. The fourth-order valence-electron chi connectivity index (χ4n) is 5.35. The number of benzene rings is 1. The van der Waals surface area contributed by atoms with Gasteiger partial charge in [-0.25, -0.2) is 14.1 Å². The molecule has 5 atom stereocenters. The molecule has 0 radical (unpaired) electrons. The molecule has 3 fully saturated rings. The second-order valence-electron chi connectivity index (χ2n) is 8.05. The Labute approximate surface area is 170 Å². The number of hydrogen-bond donors (Lipinski definition) is 3. The first-order valence-electron chi connectivity index (χ1n) is 9.59. The van der Waals surface area contributed by atoms with Gasteiger partial charge in [-0.1, -0.05) is 12.1 Å². The van der Waals surface area contributed by atoms with Gasteiger partial charge in [0.05, 0.1) is 24.1 Å². The summed E-state index contributed by atoms with van der Waals surface area (Å²) in [6.07, 6.45) is -0.297. The van der Waals surface area contributed by atoms with Crippen LogP contribution < -0.4 is 5.32 Å². The summed E-state index contributed by atoms with van der Waals surface area (Å²) in [5.41, 5.74) is -1.49. The summed E-state index contributed by atoms with van der Waals surface area (Å²) in [4.78, 5) is 59.6. The first kappa shape index (κ1) is 20.0. The molecule has 3 aliphatic rings. The number of nitrogens with zero attached hydrogens (tertiary/aromatic N) is 2. The van der Waals surface area contributed by atoms with Crippen LogP contribution >= 0.6 is 0 Å². The second kappa shape index (κ2) is 6.59. The first-order chi connectivity index (χ1) is 14.2. The molecular formula is C19H20N3O8+. The van der Waals surface area contributed by atoms with Crippen LogP contribution in [0.2, 0.25) is 0 Å². The summed E-state index contributed by atoms with van der Waals surface area (Å²) < 4.78 is -0.227. The summed E-state index contributed by atoms with van der Waals surface area (Å²) in [6.45, 7) is 0.345. The number of quaternary nitrogens is 1. The Balaban J connectivity index is 1.59. The number of carbonyl (C=O) groups excluding carboxylic acids is 2. The SMILES string of the molecule is O=C(O)c1ccccc1C(=O)NC1CC[N+]12C(=O)C21CCC([N+](=O)[O-])CC1C(=O)O. The van der Waals surface area contributed by atoms with Gasteiger partial charge in [0.2, 0.25) is 11.6 Å². The Morgan fingerprint density at radius 2 is 1.83 bits per heavy atom. The maximum absolute atomic E-state index is 13.0. The number of aliphatic carboxylic acids is 1. The highest BCUT2D eigenvalue weighted by atomic mass is 16.6. The zero-order chi connectivity index (χ0) is 21.8. The van der Waals surface area contributed by atoms with E-state index >= 15 is 0 Å². The lowest BCUT2D eigenvalue weighted by molar-refractivity contribution is -0.874. The zero-order valence-electron chi connectivity index (χ0n) is 15.8. The topological polar surface area (TPSA) is 164 Å². The van der Waals surface area contributed by atoms with Gasteiger partial charge >= 0.3 is 17.8 Å². The maximum Gasteiger partial charge on any atom is 0.378 e. The van der Waals surface area contributed by atoms with Crippen molar-refractivity contribution in [2.75, 3.05) is 6.54 Å². The molecule has 0 bridgehead atoms. The van der Waals surface area contributed by atoms with Gasteiger partial charge in [0.15, 0.2) is 6.17 Å². The Kier molecular flexibility index (Phi) is 4.38. The van der Waals surface area contributed by atoms with Crippen LogP contribution in [0.4, 0.5) is 0 Å². The van der Waals surface area contributed by atoms with Crippen LogP contribution in [0, 0.1) is 16.0 Å². The Morgan fingerprint density at radius 1 is 1.17 bits per heavy atom. The van der Waals surface area contributed by atoms with E-state index in [0.29, 0.717) is 13.0 Å². The van der Waals surface area contributed by atoms with Crippen molar-refractivity contribution in [1.82, 2.24) is 5.32 Å². The molecule has 3 N–H and O–H groups in total. The van der Waals surface area contributed by atoms with E-state index in [9.17, 15) is 39.5 Å². The van der Waals surface area contributed by atoms with E-state index in [1.165, 1.54) is 24.3 Å². The molecule has 1 aromatic rings. The third kappa shape index (κ3) is 2.48. The highest BCUT2D eigenvalue weighted by Crippen LogP contribution is 2.62. The lowest BCUT2D eigenvalue weighted by Crippen LogP contribution is -2.65. The number of carbonyl (C=O) groups is 4. The van der Waals surface area contributed by atoms with Crippen molar-refractivity contribution in [3.63, 3.8) is 0 Å². The Hall–Kier alpha value is -3.34. The van der Waals surface area contributed by atoms with Crippen molar-refractivity contribution in [2.45, 2.75) is 43.4 Å². The van der Waals surface area contributed by atoms with Crippen LogP contribution in [0.1, 0.15) is 46.4 Å². The van der Waals surface area contributed by atoms with Gasteiger partial charge < -0.3 is 15.5 Å². The molecule has 0 aromatic heterocycles. The van der Waals surface area contributed by atoms with Crippen LogP contribution in [0.15, 0.2) is 24.3 Å². The van der Waals surface area contributed by atoms with E-state index in [4.69, 9.17) is 0 Å². The van der Waals surface area contributed by atoms with Crippen LogP contribution in [0.5, 0.6) is 0 Å². The molecule has 1 aromatic carbocycles. The summed E-state index contributed by atoms with van der Waals surface area (Å²) in [5, 5.41) is 32.8. The molecule has 30 heavy (non-hydrogen) atoms. The number of hydrogen-bond acceptors (Lipinski definition) is 6. The van der Waals surface area contributed by atoms with Gasteiger partial charge in [-0.15, -0.1) is 0 Å². The predicted molar refractivity (Wildman–Crippen MR) is 97.9 cm³/mol. The van der Waals surface area contributed by atoms with Gasteiger partial charge in [-0.3, -0.25) is 19.7 Å². The normalized spacial score (nSPS) is 34.3. The largest absolute Gasteiger partial charge is 0.481 e. The van der Waals surface area contributed by atoms with E-state index in [-0.39, 0.29) is 40.8 Å². The smallest absolute Gasteiger partial charge is 0.378 e. The van der Waals surface area contributed by atoms with Crippen molar-refractivity contribution in [1.29, 1.82) is 0 Å². The highest BCUT2D eigenvalue weighted by molar-refractivity contribution is 6.05. The zero-order valence-corrected chi connectivity index (χ0v) is 15.8. The molecule has 2 aliphatic heterocycles. The minimum atomic E-state index is -1.26. The summed E-state index contributed by atoms with van der Waals surface area (Å²) >= 11 is 0. The molecule has 5 unspecified atom stereocenters. The van der Waals surface area contributed by atoms with Gasteiger partial charge in [0.1, 0.15) is 5.92 Å². The average Bonchev–Trinajstić information content (AvgIpc) is 3.24. The fourth-order valence-corrected chi connectivity index (χ4v) is 5.35. The summed E-state index contributed by atoms with van der Waals surface area (Å²) in [5.74, 6) is -4.68. The number of nitrogens with one attached hydrogen (secondary N) is 1. The number of carboxylic acids is 2. The maximum atomic E-state index is 13.0. The van der Waals surface area contributed by atoms with Crippen LogP contribution in [-0.2, 0) is 9.59 Å². The first-order valence-corrected chi connectivity index (χ1v) is 9.59. The third-order valence-electron chi connectivity index (χ3n) is 6.92. The van der Waals surface area contributed by atoms with Crippen molar-refractivity contribution in [3.8, 4) is 0 Å². The number of carboxylic acid groups (broad SMARTS) is 2. The van der Waals surface area contributed by atoms with Crippen molar-refractivity contribution in [2.24, 2.45) is 5.92 Å². The minimum absolute atomic E-state index is 0.0507. The number of rotatable bonds is 5. The number of aromatic carboxylic acids is 1. The van der Waals surface area contributed by atoms with Gasteiger partial charge in [-0.2, -0.15) is 0 Å². The molecule has 11 heteroatoms. The molecule has 2 heterocycles. The minimum Gasteiger partial charge on any atom is -0.481 e. The lowest BCUT2D eigenvalue weighted by Gasteiger charge is -2.42. The average molecular weight is 418 g/mol. The van der Waals surface area contributed by atoms with Gasteiger partial charge in [0.25, 0.3) is 5.91 Å². The number of amides is 2. The lowest BCUT2D eigenvalue weighted by atomic mass is 9.75. The van der Waals surface area contributed by atoms with Crippen LogP contribution in [-0.4, -0.2) is 67.7 Å². The van der Waals surface area contributed by atoms with E-state index in [1.54, 1.807) is 0 Å². The number of fused-ring (bicyclic) bond motifs is 1. The van der Waals surface area contributed by atoms with Gasteiger partial charge in [-0.05, 0) is 12.1 Å². The van der Waals surface area contributed by atoms with Crippen molar-refractivity contribution in [3.05, 3.63) is 45.5 Å². The Morgan fingerprint density at radius 3 is 2.37 bits per heavy atom. The second-order valence-corrected chi connectivity index (χ2v) is 8.05. The van der Waals surface area contributed by atoms with Crippen molar-refractivity contribution >= 4 is 23.8 Å². The molecule has 4 rings (SSSR count). The molecular weight excluding hydrogens is 398 g/mol. The molecule has 158 valence electrons. The third-order valence-corrected chi connectivity index (χ3v) is 6.92. The van der Waals surface area contributed by atoms with Crippen LogP contribution in [0.25, 0.3) is 0 Å². The predicted octanol–water partition coefficient (Wildman–Crippen LogP) is 0.470. The molecule has 11 nitrogen and oxygen atoms in total. The molecule has 1 aliphatic carbocycles.